The number of hydrogen-bond acceptors (Lipinski definition) is 8. The zero-order chi connectivity index (χ0) is 26.1. The van der Waals surface area contributed by atoms with Crippen molar-refractivity contribution in [2.24, 2.45) is 5.10 Å². The smallest absolute Gasteiger partial charge is 0.343 e. The Morgan fingerprint density at radius 2 is 1.69 bits per heavy atom. The molecule has 0 atom stereocenters. The van der Waals surface area contributed by atoms with Crippen LogP contribution in [0.1, 0.15) is 34.0 Å². The van der Waals surface area contributed by atoms with Gasteiger partial charge in [-0.05, 0) is 68.3 Å². The minimum absolute atomic E-state index is 0.130. The third-order valence-electron chi connectivity index (χ3n) is 4.88. The molecular weight excluding hydrogens is 466 g/mol. The Balaban J connectivity index is 1.60. The average Bonchev–Trinajstić information content (AvgIpc) is 2.85. The maximum atomic E-state index is 12.5. The van der Waals surface area contributed by atoms with Crippen molar-refractivity contribution >= 4 is 23.8 Å². The number of nitro groups is 1. The number of hydrogen-bond donors (Lipinski definition) is 1. The highest BCUT2D eigenvalue weighted by Gasteiger charge is 2.15. The number of carbonyl (C=O) groups excluding carboxylic acids is 2. The summed E-state index contributed by atoms with van der Waals surface area (Å²) in [5.41, 5.74) is 5.04. The number of non-ortho nitro benzene ring substituents is 1. The second-order valence-corrected chi connectivity index (χ2v) is 7.68. The van der Waals surface area contributed by atoms with Gasteiger partial charge < -0.3 is 14.2 Å². The second-order valence-electron chi connectivity index (χ2n) is 7.68. The summed E-state index contributed by atoms with van der Waals surface area (Å²) in [7, 11) is 0. The summed E-state index contributed by atoms with van der Waals surface area (Å²) in [4.78, 5) is 34.7. The van der Waals surface area contributed by atoms with E-state index in [9.17, 15) is 19.7 Å². The Bertz CT molecular complexity index is 1290. The Morgan fingerprint density at radius 3 is 2.36 bits per heavy atom. The Hall–Kier alpha value is -4.73. The lowest BCUT2D eigenvalue weighted by atomic mass is 10.1. The van der Waals surface area contributed by atoms with Crippen LogP contribution in [0.3, 0.4) is 0 Å². The van der Waals surface area contributed by atoms with Crippen LogP contribution in [0.4, 0.5) is 5.69 Å². The molecule has 0 unspecified atom stereocenters. The van der Waals surface area contributed by atoms with Crippen LogP contribution in [-0.4, -0.2) is 36.2 Å². The number of ether oxygens (including phenoxy) is 3. The average molecular weight is 492 g/mol. The van der Waals surface area contributed by atoms with Crippen molar-refractivity contribution in [3.63, 3.8) is 0 Å². The summed E-state index contributed by atoms with van der Waals surface area (Å²) in [6.07, 6.45) is 1.42. The van der Waals surface area contributed by atoms with Gasteiger partial charge in [0.2, 0.25) is 0 Å². The summed E-state index contributed by atoms with van der Waals surface area (Å²) in [5, 5.41) is 14.7. The van der Waals surface area contributed by atoms with Crippen molar-refractivity contribution in [2.75, 3.05) is 13.2 Å². The number of nitrogens with one attached hydrogen (secondary N) is 1. The Labute approximate surface area is 207 Å². The number of nitrogens with zero attached hydrogens (tertiary/aromatic N) is 2. The van der Waals surface area contributed by atoms with E-state index >= 15 is 0 Å². The lowest BCUT2D eigenvalue weighted by Crippen LogP contribution is -2.24. The minimum atomic E-state index is -0.691. The number of esters is 1. The third kappa shape index (κ3) is 7.13. The van der Waals surface area contributed by atoms with Gasteiger partial charge in [0.25, 0.3) is 11.6 Å². The first-order chi connectivity index (χ1) is 17.3. The van der Waals surface area contributed by atoms with Crippen LogP contribution in [0.2, 0.25) is 0 Å². The highest BCUT2D eigenvalue weighted by atomic mass is 16.6. The maximum absolute atomic E-state index is 12.5. The number of aryl methyl sites for hydroxylation is 2. The highest BCUT2D eigenvalue weighted by molar-refractivity contribution is 5.92. The maximum Gasteiger partial charge on any atom is 0.343 e. The van der Waals surface area contributed by atoms with E-state index in [2.05, 4.69) is 10.5 Å². The van der Waals surface area contributed by atoms with Crippen LogP contribution >= 0.6 is 0 Å². The molecule has 10 heteroatoms. The standard InChI is InChI=1S/C26H25N3O7/c1-4-34-24-14-19(15-27-28-25(30)16-35-22-11-5-17(2)13-18(22)3)6-12-23(24)36-26(31)20-7-9-21(10-8-20)29(32)33/h5-15H,4,16H2,1-3H3,(H,28,30)/b27-15-. The van der Waals surface area contributed by atoms with Gasteiger partial charge in [0.15, 0.2) is 18.1 Å². The van der Waals surface area contributed by atoms with Gasteiger partial charge in [0.1, 0.15) is 5.75 Å². The first kappa shape index (κ1) is 25.9. The van der Waals surface area contributed by atoms with Crippen LogP contribution in [0.25, 0.3) is 0 Å². The normalized spacial score (nSPS) is 10.6. The van der Waals surface area contributed by atoms with Crippen LogP contribution < -0.4 is 19.6 Å². The third-order valence-corrected chi connectivity index (χ3v) is 4.88. The molecule has 1 N–H and O–H groups in total. The van der Waals surface area contributed by atoms with Gasteiger partial charge in [-0.2, -0.15) is 5.10 Å². The molecule has 0 saturated carbocycles. The van der Waals surface area contributed by atoms with Crippen molar-refractivity contribution in [2.45, 2.75) is 20.8 Å². The molecule has 0 fully saturated rings. The van der Waals surface area contributed by atoms with E-state index in [1.54, 1.807) is 19.1 Å². The highest BCUT2D eigenvalue weighted by Crippen LogP contribution is 2.29. The number of nitro benzene ring substituents is 1. The van der Waals surface area contributed by atoms with Crippen molar-refractivity contribution in [1.29, 1.82) is 0 Å². The fourth-order valence-electron chi connectivity index (χ4n) is 3.15. The predicted molar refractivity (Wildman–Crippen MR) is 133 cm³/mol. The molecule has 3 aromatic carbocycles. The predicted octanol–water partition coefficient (Wildman–Crippen LogP) is 4.36. The fourth-order valence-corrected chi connectivity index (χ4v) is 3.15. The van der Waals surface area contributed by atoms with Crippen LogP contribution in [0, 0.1) is 24.0 Å². The minimum Gasteiger partial charge on any atom is -0.490 e. The summed E-state index contributed by atoms with van der Waals surface area (Å²) in [5.74, 6) is -0.0299. The van der Waals surface area contributed by atoms with Gasteiger partial charge in [0, 0.05) is 12.1 Å². The largest absolute Gasteiger partial charge is 0.490 e. The molecule has 10 nitrogen and oxygen atoms in total. The zero-order valence-electron chi connectivity index (χ0n) is 20.0. The van der Waals surface area contributed by atoms with Gasteiger partial charge in [-0.3, -0.25) is 14.9 Å². The van der Waals surface area contributed by atoms with E-state index in [1.165, 1.54) is 36.5 Å². The fraction of sp³-hybridized carbons (Fsp3) is 0.192. The molecule has 0 bridgehead atoms. The van der Waals surface area contributed by atoms with Gasteiger partial charge in [-0.25, -0.2) is 10.2 Å². The van der Waals surface area contributed by atoms with E-state index in [-0.39, 0.29) is 23.6 Å². The molecule has 0 heterocycles. The number of benzene rings is 3. The molecule has 0 aliphatic carbocycles. The van der Waals surface area contributed by atoms with E-state index in [1.807, 2.05) is 32.0 Å². The van der Waals surface area contributed by atoms with E-state index < -0.39 is 16.8 Å². The van der Waals surface area contributed by atoms with Gasteiger partial charge in [-0.1, -0.05) is 17.7 Å². The van der Waals surface area contributed by atoms with Crippen molar-refractivity contribution in [1.82, 2.24) is 5.43 Å². The molecule has 0 aromatic heterocycles. The molecule has 186 valence electrons. The lowest BCUT2D eigenvalue weighted by molar-refractivity contribution is -0.384. The number of rotatable bonds is 10. The van der Waals surface area contributed by atoms with E-state index in [0.29, 0.717) is 23.7 Å². The van der Waals surface area contributed by atoms with Gasteiger partial charge in [-0.15, -0.1) is 0 Å². The molecule has 3 rings (SSSR count). The molecule has 36 heavy (non-hydrogen) atoms. The molecule has 1 amide bonds. The molecule has 0 radical (unpaired) electrons. The van der Waals surface area contributed by atoms with Crippen LogP contribution in [-0.2, 0) is 4.79 Å². The van der Waals surface area contributed by atoms with Crippen molar-refractivity contribution in [3.8, 4) is 17.2 Å². The van der Waals surface area contributed by atoms with Crippen molar-refractivity contribution in [3.05, 3.63) is 93.0 Å². The number of amides is 1. The Morgan fingerprint density at radius 1 is 0.972 bits per heavy atom. The SMILES string of the molecule is CCOc1cc(/C=N\NC(=O)COc2ccc(C)cc2C)ccc1OC(=O)c1ccc([N+](=O)[O-])cc1. The quantitative estimate of drug-likeness (QED) is 0.147. The summed E-state index contributed by atoms with van der Waals surface area (Å²) >= 11 is 0. The summed E-state index contributed by atoms with van der Waals surface area (Å²) in [6.45, 7) is 5.78. The van der Waals surface area contributed by atoms with Crippen molar-refractivity contribution < 1.29 is 28.7 Å². The van der Waals surface area contributed by atoms with Gasteiger partial charge >= 0.3 is 5.97 Å². The lowest BCUT2D eigenvalue weighted by Gasteiger charge is -2.11. The van der Waals surface area contributed by atoms with E-state index in [4.69, 9.17) is 14.2 Å². The van der Waals surface area contributed by atoms with Crippen LogP contribution in [0.15, 0.2) is 65.8 Å². The number of carbonyl (C=O) groups is 2. The summed E-state index contributed by atoms with van der Waals surface area (Å²) in [6, 6.07) is 15.5. The molecular formula is C26H25N3O7. The second kappa shape index (κ2) is 12.1. The first-order valence-corrected chi connectivity index (χ1v) is 11.0. The summed E-state index contributed by atoms with van der Waals surface area (Å²) < 4.78 is 16.5. The molecule has 0 spiro atoms. The molecule has 0 aliphatic heterocycles. The molecule has 0 saturated heterocycles. The molecule has 3 aromatic rings. The molecule has 0 aliphatic rings. The van der Waals surface area contributed by atoms with E-state index in [0.717, 1.165) is 11.1 Å². The zero-order valence-corrected chi connectivity index (χ0v) is 20.0. The van der Waals surface area contributed by atoms with Gasteiger partial charge in [0.05, 0.1) is 23.3 Å². The topological polar surface area (TPSA) is 129 Å². The Kier molecular flexibility index (Phi) is 8.71. The monoisotopic (exact) mass is 491 g/mol. The first-order valence-electron chi connectivity index (χ1n) is 11.0. The number of hydrazone groups is 1. The van der Waals surface area contributed by atoms with Crippen LogP contribution in [0.5, 0.6) is 17.2 Å².